The number of rotatable bonds is 6. The van der Waals surface area contributed by atoms with Crippen LogP contribution in [0.15, 0.2) is 57.9 Å². The molecule has 0 aliphatic heterocycles. The summed E-state index contributed by atoms with van der Waals surface area (Å²) in [7, 11) is -3.71. The van der Waals surface area contributed by atoms with Crippen LogP contribution in [0.3, 0.4) is 0 Å². The molecule has 0 unspecified atom stereocenters. The van der Waals surface area contributed by atoms with Crippen molar-refractivity contribution in [2.24, 2.45) is 0 Å². The quantitative estimate of drug-likeness (QED) is 0.792. The van der Waals surface area contributed by atoms with E-state index in [0.29, 0.717) is 5.75 Å². The van der Waals surface area contributed by atoms with Crippen molar-refractivity contribution in [2.75, 3.05) is 13.2 Å². The van der Waals surface area contributed by atoms with Crippen LogP contribution in [0.5, 0.6) is 5.75 Å². The molecule has 0 heterocycles. The van der Waals surface area contributed by atoms with Crippen LogP contribution in [0.2, 0.25) is 0 Å². The summed E-state index contributed by atoms with van der Waals surface area (Å²) in [5, 5.41) is 0. The maximum Gasteiger partial charge on any atom is 0.241 e. The molecule has 112 valence electrons. The summed E-state index contributed by atoms with van der Waals surface area (Å²) >= 11 is 3.04. The normalized spacial score (nSPS) is 11.3. The summed E-state index contributed by atoms with van der Waals surface area (Å²) in [6.45, 7) is 0.309. The molecule has 2 aromatic carbocycles. The molecular weight excluding hydrogens is 361 g/mol. The van der Waals surface area contributed by atoms with Gasteiger partial charge in [-0.2, -0.15) is 0 Å². The van der Waals surface area contributed by atoms with Gasteiger partial charge < -0.3 is 4.74 Å². The Morgan fingerprint density at radius 1 is 1.14 bits per heavy atom. The van der Waals surface area contributed by atoms with E-state index in [1.807, 2.05) is 18.2 Å². The zero-order chi connectivity index (χ0) is 15.3. The third-order valence-corrected chi connectivity index (χ3v) is 5.03. The molecule has 4 nitrogen and oxygen atoms in total. The van der Waals surface area contributed by atoms with Crippen LogP contribution < -0.4 is 9.46 Å². The van der Waals surface area contributed by atoms with E-state index in [1.54, 1.807) is 12.1 Å². The minimum Gasteiger partial charge on any atom is -0.492 e. The maximum absolute atomic E-state index is 13.0. The summed E-state index contributed by atoms with van der Waals surface area (Å²) < 4.78 is 45.0. The second-order valence-corrected chi connectivity index (χ2v) is 6.72. The van der Waals surface area contributed by atoms with Crippen molar-refractivity contribution in [2.45, 2.75) is 4.90 Å². The summed E-state index contributed by atoms with van der Waals surface area (Å²) in [6.07, 6.45) is 0. The number of ether oxygens (including phenoxy) is 1. The van der Waals surface area contributed by atoms with Gasteiger partial charge >= 0.3 is 0 Å². The van der Waals surface area contributed by atoms with Gasteiger partial charge in [-0.3, -0.25) is 0 Å². The Bertz CT molecular complexity index is 707. The molecule has 7 heteroatoms. The first-order valence-electron chi connectivity index (χ1n) is 6.11. The average molecular weight is 374 g/mol. The van der Waals surface area contributed by atoms with E-state index >= 15 is 0 Å². The number of halogens is 2. The van der Waals surface area contributed by atoms with E-state index in [2.05, 4.69) is 20.7 Å². The minimum absolute atomic E-state index is 0.0105. The van der Waals surface area contributed by atoms with Crippen molar-refractivity contribution in [3.8, 4) is 5.75 Å². The smallest absolute Gasteiger partial charge is 0.241 e. The lowest BCUT2D eigenvalue weighted by atomic mass is 10.3. The maximum atomic E-state index is 13.0. The average Bonchev–Trinajstić information content (AvgIpc) is 2.44. The number of benzene rings is 2. The van der Waals surface area contributed by atoms with E-state index in [1.165, 1.54) is 6.07 Å². The number of sulfonamides is 1. The number of nitrogens with one attached hydrogen (secondary N) is 1. The van der Waals surface area contributed by atoms with Crippen LogP contribution in [0, 0.1) is 5.82 Å². The molecular formula is C14H13BrFNO3S. The van der Waals surface area contributed by atoms with Gasteiger partial charge in [0.25, 0.3) is 0 Å². The minimum atomic E-state index is -3.71. The molecule has 2 aromatic rings. The van der Waals surface area contributed by atoms with Gasteiger partial charge in [-0.25, -0.2) is 17.5 Å². The fraction of sp³-hybridized carbons (Fsp3) is 0.143. The number of hydrogen-bond acceptors (Lipinski definition) is 3. The zero-order valence-electron chi connectivity index (χ0n) is 10.9. The molecule has 0 aliphatic carbocycles. The highest BCUT2D eigenvalue weighted by Crippen LogP contribution is 2.22. The Labute approximate surface area is 131 Å². The molecule has 0 radical (unpaired) electrons. The standard InChI is InChI=1S/C14H13BrFNO3S/c15-13-10-11(16)6-7-14(13)21(18,19)17-8-9-20-12-4-2-1-3-5-12/h1-7,10,17H,8-9H2. The molecule has 0 fully saturated rings. The van der Waals surface area contributed by atoms with Crippen molar-refractivity contribution in [1.29, 1.82) is 0 Å². The fourth-order valence-electron chi connectivity index (χ4n) is 1.63. The van der Waals surface area contributed by atoms with Crippen molar-refractivity contribution >= 4 is 26.0 Å². The van der Waals surface area contributed by atoms with Gasteiger partial charge in [-0.1, -0.05) is 18.2 Å². The first kappa shape index (κ1) is 15.9. The molecule has 0 saturated carbocycles. The van der Waals surface area contributed by atoms with Gasteiger partial charge in [0.05, 0.1) is 4.90 Å². The summed E-state index contributed by atoms with van der Waals surface area (Å²) in [4.78, 5) is -0.0105. The van der Waals surface area contributed by atoms with Crippen LogP contribution in [0.1, 0.15) is 0 Å². The Balaban J connectivity index is 1.92. The van der Waals surface area contributed by atoms with Crippen LogP contribution in [-0.4, -0.2) is 21.6 Å². The molecule has 0 spiro atoms. The van der Waals surface area contributed by atoms with Crippen molar-refractivity contribution in [3.63, 3.8) is 0 Å². The highest BCUT2D eigenvalue weighted by Gasteiger charge is 2.17. The van der Waals surface area contributed by atoms with Crippen molar-refractivity contribution in [1.82, 2.24) is 4.72 Å². The summed E-state index contributed by atoms with van der Waals surface area (Å²) in [5.74, 6) is 0.160. The van der Waals surface area contributed by atoms with E-state index in [4.69, 9.17) is 4.74 Å². The van der Waals surface area contributed by atoms with E-state index < -0.39 is 15.8 Å². The molecule has 21 heavy (non-hydrogen) atoms. The van der Waals surface area contributed by atoms with Gasteiger partial charge in [0.15, 0.2) is 0 Å². The monoisotopic (exact) mass is 373 g/mol. The Kier molecular flexibility index (Phi) is 5.33. The summed E-state index contributed by atoms with van der Waals surface area (Å²) in [5.41, 5.74) is 0. The number of hydrogen-bond donors (Lipinski definition) is 1. The molecule has 0 atom stereocenters. The van der Waals surface area contributed by atoms with Crippen LogP contribution >= 0.6 is 15.9 Å². The topological polar surface area (TPSA) is 55.4 Å². The van der Waals surface area contributed by atoms with E-state index in [-0.39, 0.29) is 22.5 Å². The van der Waals surface area contributed by atoms with E-state index in [9.17, 15) is 12.8 Å². The van der Waals surface area contributed by atoms with Gasteiger partial charge in [0.2, 0.25) is 10.0 Å². The predicted octanol–water partition coefficient (Wildman–Crippen LogP) is 2.95. The Morgan fingerprint density at radius 2 is 1.86 bits per heavy atom. The van der Waals surface area contributed by atoms with Crippen molar-refractivity contribution < 1.29 is 17.5 Å². The highest BCUT2D eigenvalue weighted by atomic mass is 79.9. The van der Waals surface area contributed by atoms with Gasteiger partial charge in [-0.05, 0) is 46.3 Å². The summed E-state index contributed by atoms with van der Waals surface area (Å²) in [6, 6.07) is 12.5. The lowest BCUT2D eigenvalue weighted by Crippen LogP contribution is -2.28. The Hall–Kier alpha value is -1.44. The first-order chi connectivity index (χ1) is 9.99. The van der Waals surface area contributed by atoms with Gasteiger partial charge in [0, 0.05) is 11.0 Å². The molecule has 0 aromatic heterocycles. The van der Waals surface area contributed by atoms with Crippen LogP contribution in [0.25, 0.3) is 0 Å². The lowest BCUT2D eigenvalue weighted by Gasteiger charge is -2.09. The molecule has 0 amide bonds. The van der Waals surface area contributed by atoms with Crippen LogP contribution in [0.4, 0.5) is 4.39 Å². The SMILES string of the molecule is O=S(=O)(NCCOc1ccccc1)c1ccc(F)cc1Br. The molecule has 1 N–H and O–H groups in total. The first-order valence-corrected chi connectivity index (χ1v) is 8.39. The third-order valence-electron chi connectivity index (χ3n) is 2.59. The second kappa shape index (κ2) is 7.02. The molecule has 0 saturated heterocycles. The fourth-order valence-corrected chi connectivity index (χ4v) is 3.69. The lowest BCUT2D eigenvalue weighted by molar-refractivity contribution is 0.323. The predicted molar refractivity (Wildman–Crippen MR) is 81.2 cm³/mol. The largest absolute Gasteiger partial charge is 0.492 e. The third kappa shape index (κ3) is 4.52. The molecule has 0 bridgehead atoms. The van der Waals surface area contributed by atoms with Crippen molar-refractivity contribution in [3.05, 3.63) is 58.8 Å². The molecule has 2 rings (SSSR count). The highest BCUT2D eigenvalue weighted by molar-refractivity contribution is 9.10. The second-order valence-electron chi connectivity index (χ2n) is 4.13. The van der Waals surface area contributed by atoms with Gasteiger partial charge in [0.1, 0.15) is 18.2 Å². The Morgan fingerprint density at radius 3 is 2.52 bits per heavy atom. The number of para-hydroxylation sites is 1. The van der Waals surface area contributed by atoms with Crippen LogP contribution in [-0.2, 0) is 10.0 Å². The van der Waals surface area contributed by atoms with Gasteiger partial charge in [-0.15, -0.1) is 0 Å². The van der Waals surface area contributed by atoms with E-state index in [0.717, 1.165) is 12.1 Å². The molecule has 0 aliphatic rings. The zero-order valence-corrected chi connectivity index (χ0v) is 13.3.